The first-order chi connectivity index (χ1) is 24.9. The molecule has 0 amide bonds. The zero-order valence-electron chi connectivity index (χ0n) is 36.2. The van der Waals surface area contributed by atoms with Gasteiger partial charge in [-0.3, -0.25) is 0 Å². The van der Waals surface area contributed by atoms with Crippen LogP contribution in [0.25, 0.3) is 0 Å². The van der Waals surface area contributed by atoms with Crippen LogP contribution in [0.4, 0.5) is 0 Å². The molecule has 0 atom stereocenters. The maximum absolute atomic E-state index is 12.7. The highest BCUT2D eigenvalue weighted by atomic mass is 16.5. The molecule has 0 aliphatic heterocycles. The van der Waals surface area contributed by atoms with E-state index in [0.29, 0.717) is 39.5 Å². The molecule has 0 aliphatic carbocycles. The van der Waals surface area contributed by atoms with Crippen LogP contribution >= 0.6 is 0 Å². The first kappa shape index (κ1) is 46.4. The second kappa shape index (κ2) is 23.2. The van der Waals surface area contributed by atoms with Crippen molar-refractivity contribution in [2.45, 2.75) is 130 Å². The van der Waals surface area contributed by atoms with Gasteiger partial charge in [-0.15, -0.1) is 0 Å². The average Bonchev–Trinajstić information content (AvgIpc) is 3.05. The standard InChI is InChI=1S/C46H80N3O4/c1-38(2)42-29-28-41(5)44(35-42)53-46(51)37-49(10,11)32-24-20-15-13-12-14-18-22-30-47(6,7)31-23-19-16-17-21-25-33-48(8,9)36-45(50)52-43-34-39(3)26-27-40(43)4/h26-29,34-35,38H,12-25,30-33,36-37H2,1-11H3/q+3. The van der Waals surface area contributed by atoms with Gasteiger partial charge in [-0.2, -0.15) is 0 Å². The van der Waals surface area contributed by atoms with Crippen molar-refractivity contribution in [3.8, 4) is 11.5 Å². The Morgan fingerprint density at radius 2 is 0.830 bits per heavy atom. The average molecular weight is 739 g/mol. The lowest BCUT2D eigenvalue weighted by Gasteiger charge is -2.30. The molecule has 0 saturated heterocycles. The molecule has 0 aliphatic rings. The Bertz CT molecular complexity index is 1380. The zero-order chi connectivity index (χ0) is 39.5. The second-order valence-electron chi connectivity index (χ2n) is 18.4. The van der Waals surface area contributed by atoms with E-state index in [1.54, 1.807) is 0 Å². The highest BCUT2D eigenvalue weighted by Gasteiger charge is 2.23. The molecule has 7 heteroatoms. The number of benzene rings is 2. The monoisotopic (exact) mass is 739 g/mol. The van der Waals surface area contributed by atoms with E-state index >= 15 is 0 Å². The number of quaternary nitrogens is 3. The number of nitrogens with zero attached hydrogens (tertiary/aromatic N) is 3. The molecule has 0 fully saturated rings. The van der Waals surface area contributed by atoms with Gasteiger partial charge in [0.15, 0.2) is 13.1 Å². The fraction of sp³-hybridized carbons (Fsp3) is 0.696. The predicted octanol–water partition coefficient (Wildman–Crippen LogP) is 9.94. The first-order valence-electron chi connectivity index (χ1n) is 20.9. The predicted molar refractivity (Wildman–Crippen MR) is 223 cm³/mol. The quantitative estimate of drug-likeness (QED) is 0.0397. The number of carbonyl (C=O) groups excluding carboxylic acids is 2. The summed E-state index contributed by atoms with van der Waals surface area (Å²) in [7, 11) is 13.3. The molecule has 0 radical (unpaired) electrons. The summed E-state index contributed by atoms with van der Waals surface area (Å²) in [6, 6.07) is 12.2. The normalized spacial score (nSPS) is 12.4. The third-order valence-corrected chi connectivity index (χ3v) is 10.8. The van der Waals surface area contributed by atoms with E-state index in [0.717, 1.165) is 47.1 Å². The van der Waals surface area contributed by atoms with E-state index in [1.165, 1.54) is 95.7 Å². The maximum Gasteiger partial charge on any atom is 0.367 e. The summed E-state index contributed by atoms with van der Waals surface area (Å²) in [6.07, 6.45) is 17.9. The SMILES string of the molecule is Cc1ccc(C)c(OC(=O)C[N+](C)(C)CCCCCCCC[N+](C)(C)CCCCCCCCCC[N+](C)(C)CC(=O)Oc2cc(C(C)C)ccc2C)c1. The van der Waals surface area contributed by atoms with E-state index in [9.17, 15) is 9.59 Å². The molecular formula is C46H80N3O4+3. The van der Waals surface area contributed by atoms with Crippen LogP contribution in [-0.2, 0) is 9.59 Å². The van der Waals surface area contributed by atoms with Crippen molar-refractivity contribution < 1.29 is 32.5 Å². The van der Waals surface area contributed by atoms with Gasteiger partial charge in [0.2, 0.25) is 0 Å². The van der Waals surface area contributed by atoms with Crippen molar-refractivity contribution in [3.05, 3.63) is 58.7 Å². The van der Waals surface area contributed by atoms with Gasteiger partial charge in [0.05, 0.1) is 68.5 Å². The van der Waals surface area contributed by atoms with E-state index in [-0.39, 0.29) is 11.9 Å². The molecule has 7 nitrogen and oxygen atoms in total. The summed E-state index contributed by atoms with van der Waals surface area (Å²) >= 11 is 0. The molecule has 0 N–H and O–H groups in total. The summed E-state index contributed by atoms with van der Waals surface area (Å²) in [6.45, 7) is 15.7. The Hall–Kier alpha value is -2.74. The van der Waals surface area contributed by atoms with Crippen molar-refractivity contribution in [1.29, 1.82) is 0 Å². The molecule has 2 rings (SSSR count). The Morgan fingerprint density at radius 1 is 0.491 bits per heavy atom. The minimum absolute atomic E-state index is 0.144. The number of carbonyl (C=O) groups is 2. The molecule has 300 valence electrons. The van der Waals surface area contributed by atoms with Crippen LogP contribution in [0.2, 0.25) is 0 Å². The molecule has 0 spiro atoms. The highest BCUT2D eigenvalue weighted by molar-refractivity contribution is 5.74. The van der Waals surface area contributed by atoms with Gasteiger partial charge in [-0.05, 0) is 112 Å². The Morgan fingerprint density at radius 3 is 1.23 bits per heavy atom. The first-order valence-corrected chi connectivity index (χ1v) is 20.9. The second-order valence-corrected chi connectivity index (χ2v) is 18.4. The maximum atomic E-state index is 12.7. The molecule has 2 aromatic rings. The Labute approximate surface area is 325 Å². The van der Waals surface area contributed by atoms with Crippen LogP contribution in [-0.4, -0.2) is 107 Å². The van der Waals surface area contributed by atoms with Crippen LogP contribution < -0.4 is 9.47 Å². The topological polar surface area (TPSA) is 52.6 Å². The molecule has 0 heterocycles. The lowest BCUT2D eigenvalue weighted by atomic mass is 10.0. The van der Waals surface area contributed by atoms with Gasteiger partial charge in [-0.25, -0.2) is 9.59 Å². The van der Waals surface area contributed by atoms with Crippen molar-refractivity contribution in [2.75, 3.05) is 81.6 Å². The van der Waals surface area contributed by atoms with Crippen molar-refractivity contribution in [2.24, 2.45) is 0 Å². The molecule has 0 bridgehead atoms. The van der Waals surface area contributed by atoms with E-state index < -0.39 is 0 Å². The molecule has 0 saturated carbocycles. The number of hydrogen-bond acceptors (Lipinski definition) is 4. The number of esters is 2. The third-order valence-electron chi connectivity index (χ3n) is 10.8. The largest absolute Gasteiger partial charge is 0.422 e. The van der Waals surface area contributed by atoms with Crippen molar-refractivity contribution in [1.82, 2.24) is 0 Å². The number of unbranched alkanes of at least 4 members (excludes halogenated alkanes) is 12. The number of hydrogen-bond donors (Lipinski definition) is 0. The van der Waals surface area contributed by atoms with Crippen LogP contribution in [0.5, 0.6) is 11.5 Å². The molecule has 0 unspecified atom stereocenters. The van der Waals surface area contributed by atoms with Crippen LogP contribution in [0, 0.1) is 20.8 Å². The minimum atomic E-state index is -0.150. The van der Waals surface area contributed by atoms with Gasteiger partial charge >= 0.3 is 11.9 Å². The Kier molecular flexibility index (Phi) is 20.4. The summed E-state index contributed by atoms with van der Waals surface area (Å²) in [5.41, 5.74) is 4.31. The molecular weight excluding hydrogens is 659 g/mol. The van der Waals surface area contributed by atoms with Crippen molar-refractivity contribution >= 4 is 11.9 Å². The summed E-state index contributed by atoms with van der Waals surface area (Å²) in [5, 5.41) is 0. The van der Waals surface area contributed by atoms with Crippen LogP contribution in [0.15, 0.2) is 36.4 Å². The summed E-state index contributed by atoms with van der Waals surface area (Å²) in [4.78, 5) is 25.3. The number of likely N-dealkylation sites (N-methyl/N-ethyl adjacent to an activating group) is 2. The van der Waals surface area contributed by atoms with Gasteiger partial charge < -0.3 is 22.9 Å². The fourth-order valence-electron chi connectivity index (χ4n) is 7.11. The lowest BCUT2D eigenvalue weighted by Crippen LogP contribution is -2.45. The zero-order valence-corrected chi connectivity index (χ0v) is 36.2. The Balaban J connectivity index is 1.44. The van der Waals surface area contributed by atoms with Crippen molar-refractivity contribution in [3.63, 3.8) is 0 Å². The summed E-state index contributed by atoms with van der Waals surface area (Å²) in [5.74, 6) is 1.50. The van der Waals surface area contributed by atoms with E-state index in [4.69, 9.17) is 9.47 Å². The van der Waals surface area contributed by atoms with Crippen LogP contribution in [0.1, 0.15) is 132 Å². The molecule has 0 aromatic heterocycles. The molecule has 2 aromatic carbocycles. The third kappa shape index (κ3) is 20.5. The van der Waals surface area contributed by atoms with Crippen LogP contribution in [0.3, 0.4) is 0 Å². The van der Waals surface area contributed by atoms with Gasteiger partial charge in [0.25, 0.3) is 0 Å². The minimum Gasteiger partial charge on any atom is -0.422 e. The number of ether oxygens (including phenoxy) is 2. The highest BCUT2D eigenvalue weighted by Crippen LogP contribution is 2.25. The lowest BCUT2D eigenvalue weighted by molar-refractivity contribution is -0.890. The number of aryl methyl sites for hydroxylation is 3. The van der Waals surface area contributed by atoms with E-state index in [2.05, 4.69) is 62.2 Å². The summed E-state index contributed by atoms with van der Waals surface area (Å²) < 4.78 is 14.0. The van der Waals surface area contributed by atoms with Gasteiger partial charge in [0, 0.05) is 0 Å². The molecule has 53 heavy (non-hydrogen) atoms. The van der Waals surface area contributed by atoms with E-state index in [1.807, 2.05) is 51.1 Å². The smallest absolute Gasteiger partial charge is 0.367 e. The van der Waals surface area contributed by atoms with Gasteiger partial charge in [0.1, 0.15) is 11.5 Å². The van der Waals surface area contributed by atoms with Gasteiger partial charge in [-0.1, -0.05) is 76.6 Å². The fourth-order valence-corrected chi connectivity index (χ4v) is 7.11. The number of rotatable bonds is 27.